The standard InChI is InChI=1S/C34H39N3/c1-6-15-23(4)22-36-32-30-29-21-20-24(5)35-34(29,32)33(30)37(36)31(27(7-2)25-16-11-9-12-17-25)28(8-3)26-18-13-10-14-19-26/h6,9-21,24,27,29,32,35H,1,7-8,22H2,2-5H3. The van der Waals surface area contributed by atoms with E-state index < -0.39 is 0 Å². The fourth-order valence-electron chi connectivity index (χ4n) is 7.36. The van der Waals surface area contributed by atoms with Crippen LogP contribution in [0.4, 0.5) is 0 Å². The number of hydrogen-bond donors (Lipinski definition) is 1. The second kappa shape index (κ2) is 9.31. The third-order valence-electron chi connectivity index (χ3n) is 8.81. The van der Waals surface area contributed by atoms with Crippen molar-refractivity contribution in [2.24, 2.45) is 5.92 Å². The highest BCUT2D eigenvalue weighted by molar-refractivity contribution is 5.75. The van der Waals surface area contributed by atoms with Gasteiger partial charge in [0.15, 0.2) is 0 Å². The Balaban J connectivity index is 1.56. The van der Waals surface area contributed by atoms with E-state index in [1.54, 1.807) is 5.57 Å². The number of nitrogens with zero attached hydrogens (tertiary/aromatic N) is 2. The number of benzene rings is 2. The fraction of sp³-hybridized carbons (Fsp3) is 0.353. The van der Waals surface area contributed by atoms with Crippen LogP contribution in [0.2, 0.25) is 0 Å². The first kappa shape index (κ1) is 24.2. The summed E-state index contributed by atoms with van der Waals surface area (Å²) in [5.74, 6) is 0.834. The minimum atomic E-state index is 0.0354. The van der Waals surface area contributed by atoms with E-state index in [-0.39, 0.29) is 5.54 Å². The van der Waals surface area contributed by atoms with Gasteiger partial charge >= 0.3 is 0 Å². The van der Waals surface area contributed by atoms with Crippen LogP contribution in [0.25, 0.3) is 5.57 Å². The number of hydrazine groups is 1. The molecule has 1 saturated carbocycles. The Labute approximate surface area is 222 Å². The molecule has 37 heavy (non-hydrogen) atoms. The summed E-state index contributed by atoms with van der Waals surface area (Å²) in [6.45, 7) is 14.0. The highest BCUT2D eigenvalue weighted by atomic mass is 15.7. The largest absolute Gasteiger partial charge is 0.298 e. The Morgan fingerprint density at radius 3 is 2.41 bits per heavy atom. The molecule has 4 bridgehead atoms. The third kappa shape index (κ3) is 3.41. The normalized spacial score (nSPS) is 29.4. The minimum absolute atomic E-state index is 0.0354. The summed E-state index contributed by atoms with van der Waals surface area (Å²) in [7, 11) is 0. The molecule has 2 fully saturated rings. The Morgan fingerprint density at radius 2 is 1.76 bits per heavy atom. The van der Waals surface area contributed by atoms with E-state index in [0.717, 1.165) is 19.4 Å². The summed E-state index contributed by atoms with van der Waals surface area (Å²) in [4.78, 5) is 0. The number of hydrogen-bond acceptors (Lipinski definition) is 3. The first-order valence-corrected chi connectivity index (χ1v) is 14.0. The van der Waals surface area contributed by atoms with Crippen molar-refractivity contribution in [3.63, 3.8) is 0 Å². The molecule has 8 rings (SSSR count). The Kier molecular flexibility index (Phi) is 6.09. The van der Waals surface area contributed by atoms with Gasteiger partial charge in [-0.15, -0.1) is 0 Å². The van der Waals surface area contributed by atoms with Gasteiger partial charge in [-0.3, -0.25) is 10.3 Å². The van der Waals surface area contributed by atoms with E-state index in [1.807, 2.05) is 6.08 Å². The molecule has 1 saturated heterocycles. The molecular weight excluding hydrogens is 450 g/mol. The van der Waals surface area contributed by atoms with E-state index >= 15 is 0 Å². The average Bonchev–Trinajstić information content (AvgIpc) is 3.32. The zero-order valence-electron chi connectivity index (χ0n) is 22.6. The molecule has 1 spiro atoms. The van der Waals surface area contributed by atoms with Gasteiger partial charge in [-0.1, -0.05) is 111 Å². The SMILES string of the molecule is C=CC=C(C)CN1C2C3=C(N1C(=C(CC)c1ccccc1)C(CC)c1ccccc1)C21NC(C)C=CC31. The van der Waals surface area contributed by atoms with Crippen LogP contribution >= 0.6 is 0 Å². The summed E-state index contributed by atoms with van der Waals surface area (Å²) in [5.41, 5.74) is 10.1. The van der Waals surface area contributed by atoms with Crippen LogP contribution in [0, 0.1) is 5.92 Å². The van der Waals surface area contributed by atoms with Crippen molar-refractivity contribution in [1.29, 1.82) is 0 Å². The maximum absolute atomic E-state index is 4.04. The summed E-state index contributed by atoms with van der Waals surface area (Å²) in [6, 6.07) is 23.0. The van der Waals surface area contributed by atoms with Crippen LogP contribution in [-0.4, -0.2) is 34.2 Å². The van der Waals surface area contributed by atoms with E-state index in [2.05, 4.69) is 129 Å². The molecule has 3 heteroatoms. The molecule has 3 heterocycles. The smallest absolute Gasteiger partial charge is 0.0926 e. The van der Waals surface area contributed by atoms with Crippen molar-refractivity contribution in [1.82, 2.24) is 15.3 Å². The number of fused-ring (bicyclic) bond motifs is 1. The maximum atomic E-state index is 4.04. The van der Waals surface area contributed by atoms with Crippen LogP contribution in [0.15, 0.2) is 114 Å². The fourth-order valence-corrected chi connectivity index (χ4v) is 7.36. The first-order valence-electron chi connectivity index (χ1n) is 14.0. The quantitative estimate of drug-likeness (QED) is 0.296. The third-order valence-corrected chi connectivity index (χ3v) is 8.81. The second-order valence-corrected chi connectivity index (χ2v) is 11.0. The summed E-state index contributed by atoms with van der Waals surface area (Å²) >= 11 is 0. The van der Waals surface area contributed by atoms with Crippen molar-refractivity contribution < 1.29 is 0 Å². The van der Waals surface area contributed by atoms with Gasteiger partial charge in [-0.2, -0.15) is 0 Å². The van der Waals surface area contributed by atoms with E-state index in [1.165, 1.54) is 33.7 Å². The lowest BCUT2D eigenvalue weighted by Crippen LogP contribution is -2.79. The van der Waals surface area contributed by atoms with Crippen LogP contribution in [0.1, 0.15) is 57.6 Å². The molecule has 5 atom stereocenters. The summed E-state index contributed by atoms with van der Waals surface area (Å²) in [5, 5.41) is 9.37. The predicted octanol–water partition coefficient (Wildman–Crippen LogP) is 7.22. The van der Waals surface area contributed by atoms with Gasteiger partial charge in [0.1, 0.15) is 0 Å². The molecule has 0 amide bonds. The highest BCUT2D eigenvalue weighted by Crippen LogP contribution is 2.72. The molecule has 5 unspecified atom stereocenters. The van der Waals surface area contributed by atoms with Gasteiger partial charge in [0, 0.05) is 30.1 Å². The van der Waals surface area contributed by atoms with Gasteiger partial charge in [0.25, 0.3) is 0 Å². The Hall–Kier alpha value is -3.14. The molecule has 190 valence electrons. The lowest BCUT2D eigenvalue weighted by molar-refractivity contribution is 0.0382. The maximum Gasteiger partial charge on any atom is 0.0926 e. The van der Waals surface area contributed by atoms with Crippen LogP contribution in [0.5, 0.6) is 0 Å². The molecule has 0 radical (unpaired) electrons. The predicted molar refractivity (Wildman–Crippen MR) is 154 cm³/mol. The van der Waals surface area contributed by atoms with E-state index in [9.17, 15) is 0 Å². The number of allylic oxidation sites excluding steroid dienone is 4. The Morgan fingerprint density at radius 1 is 1.05 bits per heavy atom. The van der Waals surface area contributed by atoms with Crippen LogP contribution in [-0.2, 0) is 0 Å². The minimum Gasteiger partial charge on any atom is -0.298 e. The Bertz CT molecular complexity index is 1320. The van der Waals surface area contributed by atoms with Gasteiger partial charge in [-0.05, 0) is 49.0 Å². The van der Waals surface area contributed by atoms with Gasteiger partial charge in [0.05, 0.1) is 17.3 Å². The number of nitrogens with one attached hydrogen (secondary N) is 1. The summed E-state index contributed by atoms with van der Waals surface area (Å²) < 4.78 is 0. The first-order chi connectivity index (χ1) is 18.1. The molecule has 2 aromatic carbocycles. The topological polar surface area (TPSA) is 18.5 Å². The molecular formula is C34H39N3. The van der Waals surface area contributed by atoms with Gasteiger partial charge in [0.2, 0.25) is 0 Å². The molecule has 3 nitrogen and oxygen atoms in total. The van der Waals surface area contributed by atoms with Crippen molar-refractivity contribution >= 4 is 5.57 Å². The molecule has 0 aromatic heterocycles. The zero-order chi connectivity index (χ0) is 25.7. The monoisotopic (exact) mass is 489 g/mol. The highest BCUT2D eigenvalue weighted by Gasteiger charge is 2.80. The van der Waals surface area contributed by atoms with Crippen LogP contribution < -0.4 is 5.32 Å². The average molecular weight is 490 g/mol. The van der Waals surface area contributed by atoms with Crippen molar-refractivity contribution in [3.05, 3.63) is 125 Å². The van der Waals surface area contributed by atoms with Crippen molar-refractivity contribution in [3.8, 4) is 0 Å². The van der Waals surface area contributed by atoms with E-state index in [4.69, 9.17) is 0 Å². The second-order valence-electron chi connectivity index (χ2n) is 11.0. The van der Waals surface area contributed by atoms with Crippen LogP contribution in [0.3, 0.4) is 0 Å². The molecule has 6 aliphatic rings. The molecule has 3 aliphatic heterocycles. The number of rotatable bonds is 9. The molecule has 3 aliphatic carbocycles. The lowest BCUT2D eigenvalue weighted by atomic mass is 9.45. The van der Waals surface area contributed by atoms with Gasteiger partial charge < -0.3 is 0 Å². The molecule has 1 N–H and O–H groups in total. The molecule has 2 aromatic rings. The van der Waals surface area contributed by atoms with Crippen molar-refractivity contribution in [2.45, 2.75) is 64.1 Å². The van der Waals surface area contributed by atoms with Gasteiger partial charge in [-0.25, -0.2) is 5.01 Å². The zero-order valence-corrected chi connectivity index (χ0v) is 22.6. The van der Waals surface area contributed by atoms with E-state index in [0.29, 0.717) is 23.9 Å². The van der Waals surface area contributed by atoms with Crippen molar-refractivity contribution in [2.75, 3.05) is 6.54 Å². The summed E-state index contributed by atoms with van der Waals surface area (Å²) in [6.07, 6.45) is 10.9. The lowest BCUT2D eigenvalue weighted by Gasteiger charge is -2.65.